The van der Waals surface area contributed by atoms with Gasteiger partial charge >= 0.3 is 0 Å². The van der Waals surface area contributed by atoms with Gasteiger partial charge in [-0.15, -0.1) is 0 Å². The fourth-order valence-electron chi connectivity index (χ4n) is 1.01. The van der Waals surface area contributed by atoms with E-state index in [0.29, 0.717) is 0 Å². The highest BCUT2D eigenvalue weighted by molar-refractivity contribution is 7.07. The zero-order valence-corrected chi connectivity index (χ0v) is 6.80. The SMILES string of the molecule is c1coc(Cc2ccsc2)c1. The molecule has 0 aromatic carbocycles. The predicted molar refractivity (Wildman–Crippen MR) is 45.8 cm³/mol. The fraction of sp³-hybridized carbons (Fsp3) is 0.111. The third-order valence-corrected chi connectivity index (χ3v) is 2.27. The van der Waals surface area contributed by atoms with E-state index in [2.05, 4.69) is 16.8 Å². The van der Waals surface area contributed by atoms with E-state index in [9.17, 15) is 0 Å². The van der Waals surface area contributed by atoms with Crippen LogP contribution in [0.2, 0.25) is 0 Å². The minimum atomic E-state index is 0.913. The quantitative estimate of drug-likeness (QED) is 0.665. The van der Waals surface area contributed by atoms with Gasteiger partial charge in [-0.1, -0.05) is 0 Å². The summed E-state index contributed by atoms with van der Waals surface area (Å²) in [5, 5.41) is 4.22. The minimum Gasteiger partial charge on any atom is -0.469 e. The second kappa shape index (κ2) is 2.93. The summed E-state index contributed by atoms with van der Waals surface area (Å²) in [6.07, 6.45) is 2.62. The number of hydrogen-bond acceptors (Lipinski definition) is 2. The average molecular weight is 164 g/mol. The Morgan fingerprint density at radius 2 is 2.36 bits per heavy atom. The van der Waals surface area contributed by atoms with Crippen LogP contribution in [0.25, 0.3) is 0 Å². The molecule has 0 aliphatic heterocycles. The van der Waals surface area contributed by atoms with Gasteiger partial charge in [0.25, 0.3) is 0 Å². The first kappa shape index (κ1) is 6.68. The predicted octanol–water partition coefficient (Wildman–Crippen LogP) is 2.93. The van der Waals surface area contributed by atoms with E-state index in [1.807, 2.05) is 12.1 Å². The fourth-order valence-corrected chi connectivity index (χ4v) is 1.68. The molecule has 2 rings (SSSR count). The van der Waals surface area contributed by atoms with Crippen molar-refractivity contribution >= 4 is 11.3 Å². The first-order chi connectivity index (χ1) is 5.45. The molecule has 56 valence electrons. The molecule has 0 atom stereocenters. The molecule has 0 radical (unpaired) electrons. The molecule has 2 aromatic heterocycles. The lowest BCUT2D eigenvalue weighted by molar-refractivity contribution is 0.521. The number of furan rings is 1. The van der Waals surface area contributed by atoms with Crippen LogP contribution in [-0.4, -0.2) is 0 Å². The Kier molecular flexibility index (Phi) is 1.78. The molecule has 0 saturated heterocycles. The lowest BCUT2D eigenvalue weighted by Gasteiger charge is -1.90. The standard InChI is InChI=1S/C9H8OS/c1-2-9(10-4-1)6-8-3-5-11-7-8/h1-5,7H,6H2. The summed E-state index contributed by atoms with van der Waals surface area (Å²) in [6, 6.07) is 6.03. The smallest absolute Gasteiger partial charge is 0.108 e. The van der Waals surface area contributed by atoms with Gasteiger partial charge in [-0.05, 0) is 34.5 Å². The molecule has 0 bridgehead atoms. The van der Waals surface area contributed by atoms with Crippen LogP contribution in [0, 0.1) is 0 Å². The molecule has 2 heterocycles. The maximum atomic E-state index is 5.21. The summed E-state index contributed by atoms with van der Waals surface area (Å²) in [4.78, 5) is 0. The zero-order valence-electron chi connectivity index (χ0n) is 5.99. The van der Waals surface area contributed by atoms with E-state index in [1.54, 1.807) is 17.6 Å². The van der Waals surface area contributed by atoms with Crippen LogP contribution >= 0.6 is 11.3 Å². The van der Waals surface area contributed by atoms with Gasteiger partial charge in [0.05, 0.1) is 6.26 Å². The molecule has 0 aliphatic carbocycles. The molecule has 0 spiro atoms. The monoisotopic (exact) mass is 164 g/mol. The summed E-state index contributed by atoms with van der Waals surface area (Å²) in [6.45, 7) is 0. The molecule has 0 N–H and O–H groups in total. The Hall–Kier alpha value is -1.02. The van der Waals surface area contributed by atoms with E-state index < -0.39 is 0 Å². The number of rotatable bonds is 2. The van der Waals surface area contributed by atoms with Crippen LogP contribution in [0.15, 0.2) is 39.6 Å². The van der Waals surface area contributed by atoms with Gasteiger partial charge in [-0.2, -0.15) is 11.3 Å². The Morgan fingerprint density at radius 3 is 3.00 bits per heavy atom. The van der Waals surface area contributed by atoms with Gasteiger partial charge in [0, 0.05) is 6.42 Å². The largest absolute Gasteiger partial charge is 0.469 e. The molecule has 0 saturated carbocycles. The van der Waals surface area contributed by atoms with Crippen LogP contribution in [0.3, 0.4) is 0 Å². The molecule has 0 fully saturated rings. The van der Waals surface area contributed by atoms with Crippen molar-refractivity contribution in [3.63, 3.8) is 0 Å². The lowest BCUT2D eigenvalue weighted by Crippen LogP contribution is -1.79. The second-order valence-corrected chi connectivity index (χ2v) is 3.17. The van der Waals surface area contributed by atoms with Crippen molar-refractivity contribution in [1.82, 2.24) is 0 Å². The molecule has 0 unspecified atom stereocenters. The van der Waals surface area contributed by atoms with Gasteiger partial charge in [0.1, 0.15) is 5.76 Å². The summed E-state index contributed by atoms with van der Waals surface area (Å²) in [5.74, 6) is 1.03. The van der Waals surface area contributed by atoms with Crippen molar-refractivity contribution < 1.29 is 4.42 Å². The van der Waals surface area contributed by atoms with E-state index in [0.717, 1.165) is 12.2 Å². The lowest BCUT2D eigenvalue weighted by atomic mass is 10.2. The summed E-state index contributed by atoms with van der Waals surface area (Å²) in [7, 11) is 0. The molecule has 0 amide bonds. The Bertz CT molecular complexity index is 262. The maximum absolute atomic E-state index is 5.21. The number of hydrogen-bond donors (Lipinski definition) is 0. The van der Waals surface area contributed by atoms with Gasteiger partial charge < -0.3 is 4.42 Å². The van der Waals surface area contributed by atoms with E-state index in [4.69, 9.17) is 4.42 Å². The highest BCUT2D eigenvalue weighted by atomic mass is 32.1. The second-order valence-electron chi connectivity index (χ2n) is 2.39. The maximum Gasteiger partial charge on any atom is 0.108 e. The minimum absolute atomic E-state index is 0.913. The van der Waals surface area contributed by atoms with Gasteiger partial charge in [-0.25, -0.2) is 0 Å². The molecule has 0 aliphatic rings. The van der Waals surface area contributed by atoms with Crippen molar-refractivity contribution in [3.05, 3.63) is 46.5 Å². The van der Waals surface area contributed by atoms with Crippen LogP contribution in [0.5, 0.6) is 0 Å². The molecular formula is C9H8OS. The van der Waals surface area contributed by atoms with Crippen LogP contribution in [-0.2, 0) is 6.42 Å². The molecule has 2 heteroatoms. The summed E-state index contributed by atoms with van der Waals surface area (Å²) >= 11 is 1.72. The first-order valence-electron chi connectivity index (χ1n) is 3.48. The van der Waals surface area contributed by atoms with Gasteiger partial charge in [0.15, 0.2) is 0 Å². The molecular weight excluding hydrogens is 156 g/mol. The number of thiophene rings is 1. The van der Waals surface area contributed by atoms with Crippen LogP contribution < -0.4 is 0 Å². The van der Waals surface area contributed by atoms with Crippen molar-refractivity contribution in [1.29, 1.82) is 0 Å². The van der Waals surface area contributed by atoms with Gasteiger partial charge in [-0.3, -0.25) is 0 Å². The Labute approximate surface area is 69.3 Å². The topological polar surface area (TPSA) is 13.1 Å². The van der Waals surface area contributed by atoms with Crippen molar-refractivity contribution in [2.45, 2.75) is 6.42 Å². The Balaban J connectivity index is 2.14. The molecule has 11 heavy (non-hydrogen) atoms. The van der Waals surface area contributed by atoms with Crippen molar-refractivity contribution in [2.75, 3.05) is 0 Å². The third-order valence-electron chi connectivity index (χ3n) is 1.54. The highest BCUT2D eigenvalue weighted by Crippen LogP contribution is 2.12. The Morgan fingerprint density at radius 1 is 1.36 bits per heavy atom. The van der Waals surface area contributed by atoms with Crippen LogP contribution in [0.1, 0.15) is 11.3 Å². The van der Waals surface area contributed by atoms with Crippen molar-refractivity contribution in [3.8, 4) is 0 Å². The van der Waals surface area contributed by atoms with E-state index in [1.165, 1.54) is 5.56 Å². The summed E-state index contributed by atoms with van der Waals surface area (Å²) in [5.41, 5.74) is 1.32. The average Bonchev–Trinajstić information content (AvgIpc) is 2.60. The molecule has 2 aromatic rings. The van der Waals surface area contributed by atoms with Crippen LogP contribution in [0.4, 0.5) is 0 Å². The zero-order chi connectivity index (χ0) is 7.52. The molecule has 1 nitrogen and oxygen atoms in total. The van der Waals surface area contributed by atoms with Crippen molar-refractivity contribution in [2.24, 2.45) is 0 Å². The highest BCUT2D eigenvalue weighted by Gasteiger charge is 1.97. The third kappa shape index (κ3) is 1.52. The first-order valence-corrected chi connectivity index (χ1v) is 4.43. The van der Waals surface area contributed by atoms with Gasteiger partial charge in [0.2, 0.25) is 0 Å². The van der Waals surface area contributed by atoms with E-state index in [-0.39, 0.29) is 0 Å². The normalized spacial score (nSPS) is 10.2. The van der Waals surface area contributed by atoms with E-state index >= 15 is 0 Å². The summed E-state index contributed by atoms with van der Waals surface area (Å²) < 4.78 is 5.21.